The number of nitrogens with zero attached hydrogens (tertiary/aromatic N) is 1. The fourth-order valence-electron chi connectivity index (χ4n) is 1.63. The number of rotatable bonds is 6. The third-order valence-corrected chi connectivity index (χ3v) is 3.19. The summed E-state index contributed by atoms with van der Waals surface area (Å²) in [5.74, 6) is -0.273. The second kappa shape index (κ2) is 7.23. The van der Waals surface area contributed by atoms with Crippen LogP contribution in [0.3, 0.4) is 0 Å². The van der Waals surface area contributed by atoms with Crippen molar-refractivity contribution in [1.82, 2.24) is 5.32 Å². The predicted molar refractivity (Wildman–Crippen MR) is 77.8 cm³/mol. The Bertz CT molecular complexity index is 475. The van der Waals surface area contributed by atoms with Crippen LogP contribution in [0.4, 0.5) is 5.69 Å². The minimum atomic E-state index is -0.474. The molecule has 0 aliphatic heterocycles. The number of benzene rings is 1. The Morgan fingerprint density at radius 1 is 1.53 bits per heavy atom. The molecular weight excluding hydrogens is 312 g/mol. The van der Waals surface area contributed by atoms with Crippen molar-refractivity contribution in [2.24, 2.45) is 0 Å². The lowest BCUT2D eigenvalue weighted by atomic mass is 10.1. The van der Waals surface area contributed by atoms with Gasteiger partial charge < -0.3 is 5.32 Å². The normalized spacial score (nSPS) is 11.9. The number of nitro benzene ring substituents is 1. The van der Waals surface area contributed by atoms with Gasteiger partial charge in [-0.3, -0.25) is 14.9 Å². The molecule has 0 bridgehead atoms. The second-order valence-electron chi connectivity index (χ2n) is 4.44. The molecule has 0 radical (unpaired) electrons. The third kappa shape index (κ3) is 4.98. The number of amides is 1. The Balaban J connectivity index is 2.62. The van der Waals surface area contributed by atoms with E-state index in [2.05, 4.69) is 21.2 Å². The number of hydrogen-bond acceptors (Lipinski definition) is 3. The van der Waals surface area contributed by atoms with Crippen LogP contribution in [0.15, 0.2) is 18.2 Å². The number of carbonyl (C=O) groups is 1. The van der Waals surface area contributed by atoms with Gasteiger partial charge in [-0.05, 0) is 25.8 Å². The third-order valence-electron chi connectivity index (χ3n) is 2.73. The summed E-state index contributed by atoms with van der Waals surface area (Å²) in [4.78, 5) is 22.6. The fraction of sp³-hybridized carbons (Fsp3) is 0.462. The fourth-order valence-corrected chi connectivity index (χ4v) is 1.96. The van der Waals surface area contributed by atoms with Crippen LogP contribution in [0.1, 0.15) is 35.7 Å². The van der Waals surface area contributed by atoms with Crippen molar-refractivity contribution < 1.29 is 9.72 Å². The summed E-state index contributed by atoms with van der Waals surface area (Å²) in [5.41, 5.74) is 0.848. The molecule has 0 spiro atoms. The van der Waals surface area contributed by atoms with Gasteiger partial charge in [0.05, 0.1) is 4.92 Å². The molecule has 0 saturated heterocycles. The summed E-state index contributed by atoms with van der Waals surface area (Å²) in [5, 5.41) is 13.6. The Hall–Kier alpha value is -1.43. The molecule has 0 aliphatic carbocycles. The lowest BCUT2D eigenvalue weighted by Crippen LogP contribution is -2.24. The summed E-state index contributed by atoms with van der Waals surface area (Å²) in [6, 6.07) is 4.51. The lowest BCUT2D eigenvalue weighted by molar-refractivity contribution is -0.385. The van der Waals surface area contributed by atoms with Gasteiger partial charge in [0, 0.05) is 28.6 Å². The Morgan fingerprint density at radius 3 is 2.79 bits per heavy atom. The van der Waals surface area contributed by atoms with Gasteiger partial charge in [0.1, 0.15) is 0 Å². The lowest BCUT2D eigenvalue weighted by Gasteiger charge is -2.07. The Morgan fingerprint density at radius 2 is 2.21 bits per heavy atom. The first-order valence-electron chi connectivity index (χ1n) is 6.09. The molecule has 1 N–H and O–H groups in total. The van der Waals surface area contributed by atoms with Crippen LogP contribution >= 0.6 is 15.9 Å². The highest BCUT2D eigenvalue weighted by Gasteiger charge is 2.14. The van der Waals surface area contributed by atoms with E-state index >= 15 is 0 Å². The molecule has 1 amide bonds. The molecule has 1 aromatic carbocycles. The average Bonchev–Trinajstić information content (AvgIpc) is 2.34. The largest absolute Gasteiger partial charge is 0.352 e. The molecule has 1 aromatic rings. The van der Waals surface area contributed by atoms with E-state index in [4.69, 9.17) is 0 Å². The number of carbonyl (C=O) groups excluding carboxylic acids is 1. The minimum absolute atomic E-state index is 0.0262. The van der Waals surface area contributed by atoms with Crippen molar-refractivity contribution >= 4 is 27.5 Å². The SMILES string of the molecule is Cc1ccc(C(=O)NCCCC(C)Br)cc1[N+](=O)[O-]. The average molecular weight is 329 g/mol. The van der Waals surface area contributed by atoms with E-state index in [0.717, 1.165) is 12.8 Å². The number of hydrogen-bond donors (Lipinski definition) is 1. The van der Waals surface area contributed by atoms with E-state index in [-0.39, 0.29) is 11.6 Å². The van der Waals surface area contributed by atoms with Crippen molar-refractivity contribution in [3.8, 4) is 0 Å². The first-order chi connectivity index (χ1) is 8.91. The van der Waals surface area contributed by atoms with Gasteiger partial charge in [-0.15, -0.1) is 0 Å². The van der Waals surface area contributed by atoms with Crippen molar-refractivity contribution in [2.45, 2.75) is 31.5 Å². The molecule has 5 nitrogen and oxygen atoms in total. The molecule has 6 heteroatoms. The summed E-state index contributed by atoms with van der Waals surface area (Å²) in [6.07, 6.45) is 1.83. The number of nitro groups is 1. The van der Waals surface area contributed by atoms with Gasteiger partial charge in [0.25, 0.3) is 11.6 Å². The highest BCUT2D eigenvalue weighted by molar-refractivity contribution is 9.09. The molecule has 19 heavy (non-hydrogen) atoms. The zero-order valence-electron chi connectivity index (χ0n) is 11.0. The van der Waals surface area contributed by atoms with E-state index in [9.17, 15) is 14.9 Å². The zero-order chi connectivity index (χ0) is 14.4. The molecule has 0 aromatic heterocycles. The van der Waals surface area contributed by atoms with E-state index in [1.165, 1.54) is 6.07 Å². The summed E-state index contributed by atoms with van der Waals surface area (Å²) in [7, 11) is 0. The van der Waals surface area contributed by atoms with Gasteiger partial charge in [0.15, 0.2) is 0 Å². The van der Waals surface area contributed by atoms with Crippen molar-refractivity contribution in [3.05, 3.63) is 39.4 Å². The molecule has 0 saturated carbocycles. The molecule has 0 aliphatic rings. The van der Waals surface area contributed by atoms with E-state index < -0.39 is 4.92 Å². The van der Waals surface area contributed by atoms with Gasteiger partial charge in [-0.1, -0.05) is 28.9 Å². The van der Waals surface area contributed by atoms with Gasteiger partial charge in [0.2, 0.25) is 0 Å². The monoisotopic (exact) mass is 328 g/mol. The molecule has 1 unspecified atom stereocenters. The second-order valence-corrected chi connectivity index (χ2v) is 6.00. The zero-order valence-corrected chi connectivity index (χ0v) is 12.6. The molecule has 0 heterocycles. The molecule has 1 atom stereocenters. The maximum absolute atomic E-state index is 11.8. The number of nitrogens with one attached hydrogen (secondary N) is 1. The minimum Gasteiger partial charge on any atom is -0.352 e. The number of alkyl halides is 1. The van der Waals surface area contributed by atoms with E-state index in [1.54, 1.807) is 19.1 Å². The van der Waals surface area contributed by atoms with Crippen LogP contribution in [0.25, 0.3) is 0 Å². The van der Waals surface area contributed by atoms with Gasteiger partial charge in [-0.25, -0.2) is 0 Å². The maximum Gasteiger partial charge on any atom is 0.273 e. The standard InChI is InChI=1S/C13H17BrN2O3/c1-9-5-6-11(8-12(9)16(18)19)13(17)15-7-3-4-10(2)14/h5-6,8,10H,3-4,7H2,1-2H3,(H,15,17). The highest BCUT2D eigenvalue weighted by Crippen LogP contribution is 2.19. The van der Waals surface area contributed by atoms with E-state index in [1.807, 2.05) is 6.92 Å². The van der Waals surface area contributed by atoms with Crippen LogP contribution in [0, 0.1) is 17.0 Å². The summed E-state index contributed by atoms with van der Waals surface area (Å²) >= 11 is 3.43. The van der Waals surface area contributed by atoms with Crippen LogP contribution in [0.5, 0.6) is 0 Å². The molecular formula is C13H17BrN2O3. The molecule has 1 rings (SSSR count). The molecule has 104 valence electrons. The summed E-state index contributed by atoms with van der Waals surface area (Å²) < 4.78 is 0. The maximum atomic E-state index is 11.8. The van der Waals surface area contributed by atoms with Crippen LogP contribution in [-0.4, -0.2) is 22.2 Å². The number of aryl methyl sites for hydroxylation is 1. The van der Waals surface area contributed by atoms with Gasteiger partial charge in [-0.2, -0.15) is 0 Å². The smallest absolute Gasteiger partial charge is 0.273 e. The first kappa shape index (κ1) is 15.6. The molecule has 0 fully saturated rings. The van der Waals surface area contributed by atoms with Gasteiger partial charge >= 0.3 is 0 Å². The first-order valence-corrected chi connectivity index (χ1v) is 7.00. The van der Waals surface area contributed by atoms with Crippen LogP contribution in [-0.2, 0) is 0 Å². The quantitative estimate of drug-likeness (QED) is 0.377. The summed E-state index contributed by atoms with van der Waals surface area (Å²) in [6.45, 7) is 4.26. The van der Waals surface area contributed by atoms with E-state index in [0.29, 0.717) is 22.5 Å². The van der Waals surface area contributed by atoms with Crippen molar-refractivity contribution in [2.75, 3.05) is 6.54 Å². The predicted octanol–water partition coefficient (Wildman–Crippen LogP) is 3.20. The topological polar surface area (TPSA) is 72.2 Å². The van der Waals surface area contributed by atoms with Crippen LogP contribution in [0.2, 0.25) is 0 Å². The van der Waals surface area contributed by atoms with Crippen molar-refractivity contribution in [3.63, 3.8) is 0 Å². The van der Waals surface area contributed by atoms with Crippen LogP contribution < -0.4 is 5.32 Å². The van der Waals surface area contributed by atoms with Crippen molar-refractivity contribution in [1.29, 1.82) is 0 Å². The Kier molecular flexibility index (Phi) is 5.95. The Labute approximate surface area is 120 Å². The highest BCUT2D eigenvalue weighted by atomic mass is 79.9. The number of halogens is 1.